The van der Waals surface area contributed by atoms with E-state index in [-0.39, 0.29) is 16.9 Å². The zero-order chi connectivity index (χ0) is 38.1. The third kappa shape index (κ3) is 5.30. The number of para-hydroxylation sites is 2. The summed E-state index contributed by atoms with van der Waals surface area (Å²) in [6.45, 7) is 0. The van der Waals surface area contributed by atoms with Gasteiger partial charge in [-0.3, -0.25) is 0 Å². The molecule has 0 bridgehead atoms. The third-order valence-electron chi connectivity index (χ3n) is 10.7. The molecule has 2 heterocycles. The van der Waals surface area contributed by atoms with E-state index in [9.17, 15) is 0 Å². The second-order valence-electron chi connectivity index (χ2n) is 13.9. The largest absolute Gasteiger partial charge is 0.416 e. The number of benzene rings is 8. The molecule has 2 nitrogen and oxygen atoms in total. The number of rotatable bonds is 5. The lowest BCUT2D eigenvalue weighted by molar-refractivity contribution is -0.137. The van der Waals surface area contributed by atoms with Gasteiger partial charge in [0.1, 0.15) is 11.6 Å². The van der Waals surface area contributed by atoms with Crippen LogP contribution in [-0.4, -0.2) is 9.13 Å². The molecule has 0 fully saturated rings. The van der Waals surface area contributed by atoms with E-state index in [1.165, 1.54) is 6.07 Å². The molecule has 56 heavy (non-hydrogen) atoms. The quantitative estimate of drug-likeness (QED) is 0.156. The zero-order valence-electron chi connectivity index (χ0n) is 29.5. The predicted octanol–water partition coefficient (Wildman–Crippen LogP) is 14.2. The molecule has 2 aromatic heterocycles. The van der Waals surface area contributed by atoms with E-state index in [1.807, 2.05) is 146 Å². The van der Waals surface area contributed by atoms with Crippen molar-refractivity contribution in [2.24, 2.45) is 0 Å². The molecule has 0 radical (unpaired) electrons. The Balaban J connectivity index is 1.37. The molecular formula is C49H29F5N2. The highest BCUT2D eigenvalue weighted by Gasteiger charge is 2.35. The Morgan fingerprint density at radius 1 is 0.339 bits per heavy atom. The summed E-state index contributed by atoms with van der Waals surface area (Å²) >= 11 is 0. The highest BCUT2D eigenvalue weighted by molar-refractivity contribution is 6.13. The number of aromatic nitrogens is 2. The van der Waals surface area contributed by atoms with Crippen molar-refractivity contribution < 1.29 is 22.0 Å². The maximum atomic E-state index is 16.4. The number of nitrogens with zero attached hydrogens (tertiary/aromatic N) is 2. The molecule has 0 spiro atoms. The average Bonchev–Trinajstić information content (AvgIpc) is 3.73. The fourth-order valence-corrected chi connectivity index (χ4v) is 8.21. The van der Waals surface area contributed by atoms with Gasteiger partial charge in [0.2, 0.25) is 0 Å². The Morgan fingerprint density at radius 3 is 1.20 bits per heavy atom. The lowest BCUT2D eigenvalue weighted by Gasteiger charge is -2.23. The fraction of sp³-hybridized carbons (Fsp3) is 0.0204. The van der Waals surface area contributed by atoms with Crippen LogP contribution in [0.25, 0.3) is 88.4 Å². The molecule has 7 heteroatoms. The van der Waals surface area contributed by atoms with E-state index in [1.54, 1.807) is 9.13 Å². The average molecular weight is 741 g/mol. The number of hydrogen-bond acceptors (Lipinski definition) is 0. The van der Waals surface area contributed by atoms with Gasteiger partial charge in [0.25, 0.3) is 0 Å². The standard InChI is InChI=1S/C49H29F5N2/c50-39-18-11-19-40(51)47(39)48-45(55-41-20-9-7-16-35(41)37-26-32(22-24-43(37)55)30-12-3-1-4-13-30)28-34(49(52,53)54)29-46(48)56-42-21-10-8-17-36(42)38-27-33(23-25-44(38)56)31-14-5-2-6-15-31/h1-29H. The first-order chi connectivity index (χ1) is 27.3. The molecule has 0 aliphatic carbocycles. The zero-order valence-corrected chi connectivity index (χ0v) is 29.5. The Labute approximate surface area is 317 Å². The van der Waals surface area contributed by atoms with Crippen molar-refractivity contribution in [1.29, 1.82) is 0 Å². The number of fused-ring (bicyclic) bond motifs is 6. The molecule has 10 aromatic rings. The normalized spacial score (nSPS) is 12.0. The Hall–Kier alpha value is -6.99. The monoisotopic (exact) mass is 740 g/mol. The molecule has 270 valence electrons. The van der Waals surface area contributed by atoms with Crippen LogP contribution in [0, 0.1) is 11.6 Å². The minimum atomic E-state index is -4.81. The minimum Gasteiger partial charge on any atom is -0.309 e. The van der Waals surface area contributed by atoms with Crippen LogP contribution < -0.4 is 0 Å². The second kappa shape index (κ2) is 12.8. The van der Waals surface area contributed by atoms with E-state index in [2.05, 4.69) is 0 Å². The van der Waals surface area contributed by atoms with Crippen LogP contribution >= 0.6 is 0 Å². The van der Waals surface area contributed by atoms with Crippen molar-refractivity contribution in [1.82, 2.24) is 9.13 Å². The summed E-state index contributed by atoms with van der Waals surface area (Å²) in [5.41, 5.74) is 4.73. The van der Waals surface area contributed by atoms with E-state index in [0.29, 0.717) is 22.1 Å². The van der Waals surface area contributed by atoms with Crippen LogP contribution in [0.4, 0.5) is 22.0 Å². The molecule has 0 atom stereocenters. The summed E-state index contributed by atoms with van der Waals surface area (Å²) in [6.07, 6.45) is -4.81. The van der Waals surface area contributed by atoms with Crippen LogP contribution in [-0.2, 0) is 6.18 Å². The molecule has 8 aromatic carbocycles. The Morgan fingerprint density at radius 2 is 0.750 bits per heavy atom. The summed E-state index contributed by atoms with van der Waals surface area (Å²) in [6, 6.07) is 51.6. The van der Waals surface area contributed by atoms with Gasteiger partial charge in [0.15, 0.2) is 0 Å². The van der Waals surface area contributed by atoms with Gasteiger partial charge in [-0.25, -0.2) is 8.78 Å². The number of hydrogen-bond donors (Lipinski definition) is 0. The molecule has 0 saturated carbocycles. The summed E-state index contributed by atoms with van der Waals surface area (Å²) in [5, 5.41) is 3.13. The van der Waals surface area contributed by atoms with Gasteiger partial charge in [-0.1, -0.05) is 115 Å². The van der Waals surface area contributed by atoms with Crippen LogP contribution in [0.5, 0.6) is 0 Å². The van der Waals surface area contributed by atoms with Gasteiger partial charge in [-0.2, -0.15) is 13.2 Å². The van der Waals surface area contributed by atoms with E-state index < -0.39 is 28.9 Å². The maximum absolute atomic E-state index is 16.4. The molecule has 0 saturated heterocycles. The SMILES string of the molecule is Fc1cccc(F)c1-c1c(-n2c3ccccc3c3cc(-c4ccccc4)ccc32)cc(C(F)(F)F)cc1-n1c2ccccc2c2cc(-c3ccccc3)ccc21. The van der Waals surface area contributed by atoms with Gasteiger partial charge in [-0.05, 0) is 82.9 Å². The smallest absolute Gasteiger partial charge is 0.309 e. The second-order valence-corrected chi connectivity index (χ2v) is 13.9. The van der Waals surface area contributed by atoms with Crippen LogP contribution in [0.3, 0.4) is 0 Å². The van der Waals surface area contributed by atoms with Gasteiger partial charge in [0, 0.05) is 27.1 Å². The summed E-state index contributed by atoms with van der Waals surface area (Å²) in [4.78, 5) is 0. The van der Waals surface area contributed by atoms with Crippen molar-refractivity contribution in [3.05, 3.63) is 193 Å². The van der Waals surface area contributed by atoms with Crippen molar-refractivity contribution >= 4 is 43.6 Å². The van der Waals surface area contributed by atoms with Crippen molar-refractivity contribution in [2.45, 2.75) is 6.18 Å². The minimum absolute atomic E-state index is 0.00989. The highest BCUT2D eigenvalue weighted by Crippen LogP contribution is 2.47. The maximum Gasteiger partial charge on any atom is 0.416 e. The fourth-order valence-electron chi connectivity index (χ4n) is 8.21. The van der Waals surface area contributed by atoms with Gasteiger partial charge >= 0.3 is 6.18 Å². The lowest BCUT2D eigenvalue weighted by atomic mass is 9.96. The van der Waals surface area contributed by atoms with E-state index in [4.69, 9.17) is 0 Å². The molecule has 0 aliphatic rings. The van der Waals surface area contributed by atoms with E-state index >= 15 is 22.0 Å². The molecule has 0 amide bonds. The molecule has 0 aliphatic heterocycles. The van der Waals surface area contributed by atoms with Crippen LogP contribution in [0.15, 0.2) is 176 Å². The summed E-state index contributed by atoms with van der Waals surface area (Å²) in [5.74, 6) is -1.79. The third-order valence-corrected chi connectivity index (χ3v) is 10.7. The first-order valence-electron chi connectivity index (χ1n) is 18.1. The van der Waals surface area contributed by atoms with E-state index in [0.717, 1.165) is 68.1 Å². The predicted molar refractivity (Wildman–Crippen MR) is 216 cm³/mol. The summed E-state index contributed by atoms with van der Waals surface area (Å²) < 4.78 is 82.0. The topological polar surface area (TPSA) is 9.86 Å². The first kappa shape index (κ1) is 33.6. The summed E-state index contributed by atoms with van der Waals surface area (Å²) in [7, 11) is 0. The van der Waals surface area contributed by atoms with Crippen LogP contribution in [0.2, 0.25) is 0 Å². The molecule has 10 rings (SSSR count). The Kier molecular flexibility index (Phi) is 7.68. The van der Waals surface area contributed by atoms with Crippen LogP contribution in [0.1, 0.15) is 5.56 Å². The van der Waals surface area contributed by atoms with Gasteiger partial charge in [0.05, 0.1) is 44.6 Å². The molecule has 0 N–H and O–H groups in total. The lowest BCUT2D eigenvalue weighted by Crippen LogP contribution is -2.12. The Bertz CT molecular complexity index is 2940. The van der Waals surface area contributed by atoms with Crippen molar-refractivity contribution in [3.63, 3.8) is 0 Å². The number of alkyl halides is 3. The van der Waals surface area contributed by atoms with Crippen molar-refractivity contribution in [2.75, 3.05) is 0 Å². The molecule has 0 unspecified atom stereocenters. The first-order valence-corrected chi connectivity index (χ1v) is 18.1. The van der Waals surface area contributed by atoms with Gasteiger partial charge in [-0.15, -0.1) is 0 Å². The number of halogens is 5. The van der Waals surface area contributed by atoms with Crippen molar-refractivity contribution in [3.8, 4) is 44.8 Å². The molecular weight excluding hydrogens is 712 g/mol. The highest BCUT2D eigenvalue weighted by atomic mass is 19.4. The van der Waals surface area contributed by atoms with Gasteiger partial charge < -0.3 is 9.13 Å².